The maximum Gasteiger partial charge on any atom is 0.228 e. The molecular formula is C16H24N2O2. The Morgan fingerprint density at radius 2 is 1.65 bits per heavy atom. The highest BCUT2D eigenvalue weighted by molar-refractivity contribution is 5.90. The zero-order valence-electron chi connectivity index (χ0n) is 12.1. The van der Waals surface area contributed by atoms with E-state index in [1.165, 1.54) is 38.5 Å². The molecule has 0 aromatic carbocycles. The summed E-state index contributed by atoms with van der Waals surface area (Å²) in [6.07, 6.45) is 9.97. The zero-order chi connectivity index (χ0) is 13.7. The van der Waals surface area contributed by atoms with Gasteiger partial charge in [0.15, 0.2) is 0 Å². The van der Waals surface area contributed by atoms with Gasteiger partial charge in [-0.15, -0.1) is 0 Å². The number of amides is 2. The van der Waals surface area contributed by atoms with Gasteiger partial charge < -0.3 is 9.80 Å². The molecule has 3 saturated carbocycles. The maximum atomic E-state index is 12.9. The molecule has 4 rings (SSSR count). The van der Waals surface area contributed by atoms with Gasteiger partial charge in [-0.3, -0.25) is 9.59 Å². The zero-order valence-corrected chi connectivity index (χ0v) is 12.1. The average Bonchev–Trinajstić information content (AvgIpc) is 3.35. The highest BCUT2D eigenvalue weighted by Crippen LogP contribution is 2.38. The molecule has 0 spiro atoms. The highest BCUT2D eigenvalue weighted by atomic mass is 16.2. The average molecular weight is 276 g/mol. The Balaban J connectivity index is 1.46. The van der Waals surface area contributed by atoms with E-state index < -0.39 is 0 Å². The van der Waals surface area contributed by atoms with Crippen LogP contribution in [0, 0.1) is 5.92 Å². The molecule has 1 heterocycles. The maximum absolute atomic E-state index is 12.9. The van der Waals surface area contributed by atoms with Crippen LogP contribution in [0.25, 0.3) is 0 Å². The molecule has 4 heteroatoms. The Labute approximate surface area is 120 Å². The number of hydrogen-bond donors (Lipinski definition) is 0. The third-order valence-electron chi connectivity index (χ3n) is 5.41. The molecule has 1 unspecified atom stereocenters. The van der Waals surface area contributed by atoms with Crippen molar-refractivity contribution in [1.29, 1.82) is 0 Å². The molecule has 0 bridgehead atoms. The summed E-state index contributed by atoms with van der Waals surface area (Å²) in [5.74, 6) is 0.452. The topological polar surface area (TPSA) is 40.6 Å². The third kappa shape index (κ3) is 2.23. The minimum absolute atomic E-state index is 0.0516. The lowest BCUT2D eigenvalue weighted by Gasteiger charge is -2.31. The number of nitrogens with zero attached hydrogens (tertiary/aromatic N) is 2. The van der Waals surface area contributed by atoms with Gasteiger partial charge >= 0.3 is 0 Å². The molecule has 4 fully saturated rings. The van der Waals surface area contributed by atoms with Crippen LogP contribution < -0.4 is 0 Å². The third-order valence-corrected chi connectivity index (χ3v) is 5.41. The number of hydrogen-bond acceptors (Lipinski definition) is 2. The van der Waals surface area contributed by atoms with Gasteiger partial charge in [0, 0.05) is 31.1 Å². The van der Waals surface area contributed by atoms with Crippen molar-refractivity contribution >= 4 is 11.8 Å². The lowest BCUT2D eigenvalue weighted by Crippen LogP contribution is -2.44. The predicted octanol–water partition coefficient (Wildman–Crippen LogP) is 1.93. The smallest absolute Gasteiger partial charge is 0.228 e. The lowest BCUT2D eigenvalue weighted by atomic mass is 10.0. The predicted molar refractivity (Wildman–Crippen MR) is 75.0 cm³/mol. The summed E-state index contributed by atoms with van der Waals surface area (Å²) in [6, 6.07) is 1.43. The fourth-order valence-corrected chi connectivity index (χ4v) is 4.04. The van der Waals surface area contributed by atoms with Crippen molar-refractivity contribution in [3.05, 3.63) is 0 Å². The monoisotopic (exact) mass is 276 g/mol. The Hall–Kier alpha value is -1.06. The second-order valence-electron chi connectivity index (χ2n) is 7.09. The van der Waals surface area contributed by atoms with Crippen molar-refractivity contribution in [3.63, 3.8) is 0 Å². The Bertz CT molecular complexity index is 422. The number of carbonyl (C=O) groups excluding carboxylic acids is 2. The second kappa shape index (κ2) is 4.74. The van der Waals surface area contributed by atoms with Gasteiger partial charge in [0.05, 0.1) is 5.92 Å². The molecule has 1 atom stereocenters. The summed E-state index contributed by atoms with van der Waals surface area (Å²) in [4.78, 5) is 29.1. The van der Waals surface area contributed by atoms with E-state index in [9.17, 15) is 9.59 Å². The van der Waals surface area contributed by atoms with E-state index in [-0.39, 0.29) is 17.7 Å². The van der Waals surface area contributed by atoms with Crippen LogP contribution in [-0.2, 0) is 9.59 Å². The van der Waals surface area contributed by atoms with E-state index >= 15 is 0 Å². The van der Waals surface area contributed by atoms with Gasteiger partial charge in [0.1, 0.15) is 0 Å². The van der Waals surface area contributed by atoms with Gasteiger partial charge in [-0.05, 0) is 38.5 Å². The molecule has 4 aliphatic rings. The first-order chi connectivity index (χ1) is 9.74. The second-order valence-corrected chi connectivity index (χ2v) is 7.09. The van der Waals surface area contributed by atoms with Gasteiger partial charge in [0.25, 0.3) is 0 Å². The molecule has 0 radical (unpaired) electrons. The van der Waals surface area contributed by atoms with Crippen LogP contribution in [0.15, 0.2) is 0 Å². The van der Waals surface area contributed by atoms with Gasteiger partial charge in [0.2, 0.25) is 11.8 Å². The van der Waals surface area contributed by atoms with Crippen molar-refractivity contribution in [2.24, 2.45) is 5.92 Å². The quantitative estimate of drug-likeness (QED) is 0.787. The summed E-state index contributed by atoms with van der Waals surface area (Å²) in [5, 5.41) is 0. The van der Waals surface area contributed by atoms with Crippen molar-refractivity contribution in [2.75, 3.05) is 6.54 Å². The van der Waals surface area contributed by atoms with Crippen LogP contribution >= 0.6 is 0 Å². The Morgan fingerprint density at radius 1 is 1.00 bits per heavy atom. The van der Waals surface area contributed by atoms with Gasteiger partial charge in [-0.25, -0.2) is 0 Å². The first kappa shape index (κ1) is 12.7. The van der Waals surface area contributed by atoms with E-state index in [0.717, 1.165) is 12.8 Å². The molecule has 2 amide bonds. The number of rotatable bonds is 4. The molecule has 1 aliphatic heterocycles. The molecule has 20 heavy (non-hydrogen) atoms. The fraction of sp³-hybridized carbons (Fsp3) is 0.875. The van der Waals surface area contributed by atoms with Crippen LogP contribution in [0.3, 0.4) is 0 Å². The highest BCUT2D eigenvalue weighted by Gasteiger charge is 2.46. The first-order valence-corrected chi connectivity index (χ1v) is 8.35. The molecule has 3 aliphatic carbocycles. The van der Waals surface area contributed by atoms with E-state index in [2.05, 4.69) is 4.90 Å². The minimum Gasteiger partial charge on any atom is -0.339 e. The van der Waals surface area contributed by atoms with Crippen LogP contribution in [-0.4, -0.2) is 46.3 Å². The summed E-state index contributed by atoms with van der Waals surface area (Å²) < 4.78 is 0. The van der Waals surface area contributed by atoms with E-state index in [1.807, 2.05) is 4.90 Å². The van der Waals surface area contributed by atoms with E-state index in [0.29, 0.717) is 31.1 Å². The standard InChI is InChI=1S/C16H24N2O2/c19-15-9-11(10-17(15)12-5-6-12)16(20)18(14-7-8-14)13-3-1-2-4-13/h11-14H,1-10H2. The van der Waals surface area contributed by atoms with E-state index in [1.54, 1.807) is 0 Å². The largest absolute Gasteiger partial charge is 0.339 e. The van der Waals surface area contributed by atoms with Crippen LogP contribution in [0.2, 0.25) is 0 Å². The first-order valence-electron chi connectivity index (χ1n) is 8.35. The van der Waals surface area contributed by atoms with Crippen molar-refractivity contribution in [2.45, 2.75) is 75.9 Å². The lowest BCUT2D eigenvalue weighted by molar-refractivity contribution is -0.138. The van der Waals surface area contributed by atoms with Crippen molar-refractivity contribution in [1.82, 2.24) is 9.80 Å². The van der Waals surface area contributed by atoms with E-state index in [4.69, 9.17) is 0 Å². The van der Waals surface area contributed by atoms with Crippen LogP contribution in [0.5, 0.6) is 0 Å². The Morgan fingerprint density at radius 3 is 2.25 bits per heavy atom. The minimum atomic E-state index is -0.0516. The molecule has 0 aromatic heterocycles. The molecule has 0 N–H and O–H groups in total. The normalized spacial score (nSPS) is 31.1. The van der Waals surface area contributed by atoms with Crippen molar-refractivity contribution < 1.29 is 9.59 Å². The van der Waals surface area contributed by atoms with Gasteiger partial charge in [-0.2, -0.15) is 0 Å². The Kier molecular flexibility index (Phi) is 3.00. The van der Waals surface area contributed by atoms with Gasteiger partial charge in [-0.1, -0.05) is 12.8 Å². The molecular weight excluding hydrogens is 252 g/mol. The summed E-state index contributed by atoms with van der Waals surface area (Å²) in [7, 11) is 0. The summed E-state index contributed by atoms with van der Waals surface area (Å²) >= 11 is 0. The molecule has 0 aromatic rings. The number of carbonyl (C=O) groups is 2. The molecule has 4 nitrogen and oxygen atoms in total. The number of likely N-dealkylation sites (tertiary alicyclic amines) is 1. The summed E-state index contributed by atoms with van der Waals surface area (Å²) in [5.41, 5.74) is 0. The molecule has 1 saturated heterocycles. The fourth-order valence-electron chi connectivity index (χ4n) is 4.04. The van der Waals surface area contributed by atoms with Crippen LogP contribution in [0.1, 0.15) is 57.8 Å². The van der Waals surface area contributed by atoms with Crippen molar-refractivity contribution in [3.8, 4) is 0 Å². The summed E-state index contributed by atoms with van der Waals surface area (Å²) in [6.45, 7) is 0.693. The van der Waals surface area contributed by atoms with Crippen LogP contribution in [0.4, 0.5) is 0 Å². The SMILES string of the molecule is O=C1CC(C(=O)N(C2CCCC2)C2CC2)CN1C1CC1. The molecule has 110 valence electrons.